The molecule has 0 unspecified atom stereocenters. The van der Waals surface area contributed by atoms with Crippen LogP contribution in [0, 0.1) is 13.0 Å². The van der Waals surface area contributed by atoms with Crippen LogP contribution in [0.5, 0.6) is 5.75 Å². The van der Waals surface area contributed by atoms with Crippen LogP contribution in [0.25, 0.3) is 0 Å². The normalized spacial score (nSPS) is 11.7. The zero-order valence-electron chi connectivity index (χ0n) is 8.10. The van der Waals surface area contributed by atoms with Gasteiger partial charge in [0.2, 0.25) is 0 Å². The van der Waals surface area contributed by atoms with E-state index in [9.17, 15) is 5.11 Å². The first-order chi connectivity index (χ1) is 5.41. The Bertz CT molecular complexity index is 282. The van der Waals surface area contributed by atoms with Gasteiger partial charge in [-0.25, -0.2) is 0 Å². The topological polar surface area (TPSA) is 20.2 Å². The Morgan fingerprint density at radius 1 is 1.33 bits per heavy atom. The number of aromatic hydroxyl groups is 1. The molecule has 0 saturated heterocycles. The number of phenolic OH excluding ortho intramolecular Hbond substituents is 1. The lowest BCUT2D eigenvalue weighted by Gasteiger charge is -2.18. The number of hydrogen-bond acceptors (Lipinski definition) is 1. The molecule has 0 aromatic heterocycles. The Kier molecular flexibility index (Phi) is 2.14. The highest BCUT2D eigenvalue weighted by Crippen LogP contribution is 2.26. The molecule has 1 rings (SSSR count). The van der Waals surface area contributed by atoms with Gasteiger partial charge in [0.15, 0.2) is 0 Å². The summed E-state index contributed by atoms with van der Waals surface area (Å²) in [4.78, 5) is 0. The van der Waals surface area contributed by atoms with E-state index in [1.807, 2.05) is 13.0 Å². The van der Waals surface area contributed by atoms with Crippen LogP contribution in [0.1, 0.15) is 31.9 Å². The lowest BCUT2D eigenvalue weighted by molar-refractivity contribution is 0.466. The van der Waals surface area contributed by atoms with Gasteiger partial charge in [-0.15, -0.1) is 0 Å². The molecule has 0 spiro atoms. The maximum absolute atomic E-state index is 9.44. The van der Waals surface area contributed by atoms with E-state index >= 15 is 0 Å². The number of phenols is 1. The third-order valence-electron chi connectivity index (χ3n) is 1.94. The molecule has 65 valence electrons. The lowest BCUT2D eigenvalue weighted by atomic mass is 9.86. The van der Waals surface area contributed by atoms with Crippen molar-refractivity contribution in [3.05, 3.63) is 29.3 Å². The molecule has 0 aliphatic heterocycles. The van der Waals surface area contributed by atoms with Gasteiger partial charge >= 0.3 is 0 Å². The molecule has 0 fully saturated rings. The van der Waals surface area contributed by atoms with Crippen molar-refractivity contribution in [1.82, 2.24) is 0 Å². The second-order valence-electron chi connectivity index (χ2n) is 4.16. The zero-order valence-corrected chi connectivity index (χ0v) is 8.10. The summed E-state index contributed by atoms with van der Waals surface area (Å²) in [7, 11) is 0. The fourth-order valence-electron chi connectivity index (χ4n) is 0.985. The summed E-state index contributed by atoms with van der Waals surface area (Å²) in [6.07, 6.45) is 0. The fraction of sp³-hybridized carbons (Fsp3) is 0.455. The summed E-state index contributed by atoms with van der Waals surface area (Å²) in [5, 5.41) is 9.44. The molecule has 0 amide bonds. The standard InChI is InChI=1S/C11H15O/c1-8-5-6-9(7-10(8)12)11(2,3)4/h5,7,12H,1-4H3. The summed E-state index contributed by atoms with van der Waals surface area (Å²) in [5.41, 5.74) is 1.99. The van der Waals surface area contributed by atoms with Crippen LogP contribution in [0.3, 0.4) is 0 Å². The first-order valence-electron chi connectivity index (χ1n) is 4.13. The van der Waals surface area contributed by atoms with Crippen LogP contribution < -0.4 is 0 Å². The van der Waals surface area contributed by atoms with Crippen molar-refractivity contribution in [2.24, 2.45) is 0 Å². The van der Waals surface area contributed by atoms with Crippen molar-refractivity contribution in [1.29, 1.82) is 0 Å². The van der Waals surface area contributed by atoms with Crippen LogP contribution in [-0.2, 0) is 5.41 Å². The van der Waals surface area contributed by atoms with Gasteiger partial charge in [-0.1, -0.05) is 20.8 Å². The van der Waals surface area contributed by atoms with Gasteiger partial charge in [0.05, 0.1) is 0 Å². The molecule has 1 nitrogen and oxygen atoms in total. The third-order valence-corrected chi connectivity index (χ3v) is 1.94. The maximum Gasteiger partial charge on any atom is 0.118 e. The van der Waals surface area contributed by atoms with E-state index in [1.165, 1.54) is 0 Å². The Morgan fingerprint density at radius 2 is 1.92 bits per heavy atom. The van der Waals surface area contributed by atoms with Gasteiger partial charge in [0.25, 0.3) is 0 Å². The van der Waals surface area contributed by atoms with Crippen LogP contribution in [-0.4, -0.2) is 5.11 Å². The molecule has 12 heavy (non-hydrogen) atoms. The van der Waals surface area contributed by atoms with E-state index in [2.05, 4.69) is 26.8 Å². The predicted octanol–water partition coefficient (Wildman–Crippen LogP) is 2.80. The second-order valence-corrected chi connectivity index (χ2v) is 4.16. The van der Waals surface area contributed by atoms with E-state index in [4.69, 9.17) is 0 Å². The summed E-state index contributed by atoms with van der Waals surface area (Å²) in [6, 6.07) is 6.77. The summed E-state index contributed by atoms with van der Waals surface area (Å²) in [5.74, 6) is 0.360. The van der Waals surface area contributed by atoms with E-state index in [1.54, 1.807) is 6.07 Å². The Hall–Kier alpha value is -0.980. The molecule has 1 aromatic carbocycles. The molecular formula is C11H15O. The molecule has 1 aromatic rings. The van der Waals surface area contributed by atoms with Crippen LogP contribution in [0.15, 0.2) is 12.1 Å². The molecule has 0 heterocycles. The number of benzene rings is 1. The lowest BCUT2D eigenvalue weighted by Crippen LogP contribution is -2.10. The minimum Gasteiger partial charge on any atom is -0.508 e. The van der Waals surface area contributed by atoms with Crippen molar-refractivity contribution in [2.75, 3.05) is 0 Å². The molecule has 1 heteroatoms. The Balaban J connectivity index is 3.14. The molecule has 0 saturated carbocycles. The van der Waals surface area contributed by atoms with E-state index in [-0.39, 0.29) is 5.41 Å². The first-order valence-corrected chi connectivity index (χ1v) is 4.13. The largest absolute Gasteiger partial charge is 0.508 e. The highest BCUT2D eigenvalue weighted by Gasteiger charge is 2.14. The quantitative estimate of drug-likeness (QED) is 0.623. The summed E-state index contributed by atoms with van der Waals surface area (Å²) < 4.78 is 0. The summed E-state index contributed by atoms with van der Waals surface area (Å²) >= 11 is 0. The number of aryl methyl sites for hydroxylation is 1. The number of rotatable bonds is 0. The van der Waals surface area contributed by atoms with Crippen molar-refractivity contribution in [2.45, 2.75) is 33.1 Å². The van der Waals surface area contributed by atoms with Crippen LogP contribution >= 0.6 is 0 Å². The van der Waals surface area contributed by atoms with Crippen molar-refractivity contribution in [3.8, 4) is 5.75 Å². The van der Waals surface area contributed by atoms with Crippen LogP contribution in [0.4, 0.5) is 0 Å². The smallest absolute Gasteiger partial charge is 0.118 e. The zero-order chi connectivity index (χ0) is 9.35. The van der Waals surface area contributed by atoms with Crippen molar-refractivity contribution in [3.63, 3.8) is 0 Å². The van der Waals surface area contributed by atoms with Gasteiger partial charge < -0.3 is 5.11 Å². The van der Waals surface area contributed by atoms with E-state index in [0.29, 0.717) is 5.75 Å². The van der Waals surface area contributed by atoms with Crippen molar-refractivity contribution >= 4 is 0 Å². The second kappa shape index (κ2) is 2.81. The van der Waals surface area contributed by atoms with E-state index in [0.717, 1.165) is 11.1 Å². The van der Waals surface area contributed by atoms with E-state index < -0.39 is 0 Å². The molecule has 0 aliphatic carbocycles. The third kappa shape index (κ3) is 1.79. The minimum absolute atomic E-state index is 0.0607. The average molecular weight is 163 g/mol. The average Bonchev–Trinajstić information content (AvgIpc) is 1.92. The predicted molar refractivity (Wildman–Crippen MR) is 50.4 cm³/mol. The molecule has 0 aliphatic rings. The van der Waals surface area contributed by atoms with Gasteiger partial charge in [-0.3, -0.25) is 0 Å². The van der Waals surface area contributed by atoms with Crippen LogP contribution in [0.2, 0.25) is 0 Å². The monoisotopic (exact) mass is 163 g/mol. The molecule has 0 atom stereocenters. The highest BCUT2D eigenvalue weighted by atomic mass is 16.3. The Morgan fingerprint density at radius 3 is 2.33 bits per heavy atom. The Labute approximate surface area is 74.1 Å². The molecule has 0 bridgehead atoms. The molecular weight excluding hydrogens is 148 g/mol. The fourth-order valence-corrected chi connectivity index (χ4v) is 0.985. The first kappa shape index (κ1) is 9.11. The number of hydrogen-bond donors (Lipinski definition) is 1. The van der Waals surface area contributed by atoms with Gasteiger partial charge in [-0.05, 0) is 41.7 Å². The van der Waals surface area contributed by atoms with Gasteiger partial charge in [-0.2, -0.15) is 0 Å². The van der Waals surface area contributed by atoms with Gasteiger partial charge in [0.1, 0.15) is 5.75 Å². The summed E-state index contributed by atoms with van der Waals surface area (Å²) in [6.45, 7) is 8.19. The highest BCUT2D eigenvalue weighted by molar-refractivity contribution is 5.37. The van der Waals surface area contributed by atoms with Crippen molar-refractivity contribution < 1.29 is 5.11 Å². The molecule has 1 N–H and O–H groups in total. The minimum atomic E-state index is 0.0607. The SMILES string of the molecule is Cc1c[c]c(C(C)(C)C)cc1O. The maximum atomic E-state index is 9.44. The van der Waals surface area contributed by atoms with Gasteiger partial charge in [0, 0.05) is 0 Å². The molecule has 1 radical (unpaired) electrons.